The van der Waals surface area contributed by atoms with Crippen LogP contribution in [0, 0.1) is 6.92 Å². The molecule has 0 heterocycles. The number of fused-ring (bicyclic) bond motifs is 2. The molecule has 0 saturated heterocycles. The van der Waals surface area contributed by atoms with Gasteiger partial charge in [-0.3, -0.25) is 9.11 Å². The summed E-state index contributed by atoms with van der Waals surface area (Å²) >= 11 is 0. The molecule has 0 radical (unpaired) electrons. The van der Waals surface area contributed by atoms with Gasteiger partial charge in [0.05, 0.1) is 27.3 Å². The summed E-state index contributed by atoms with van der Waals surface area (Å²) in [6.45, 7) is 1.56. The number of nitrogens with two attached hydrogens (primary N) is 1. The third-order valence-electron chi connectivity index (χ3n) is 6.43. The molecule has 0 aliphatic rings. The third kappa shape index (κ3) is 5.36. The Morgan fingerprint density at radius 3 is 1.95 bits per heavy atom. The van der Waals surface area contributed by atoms with Crippen LogP contribution in [0.15, 0.2) is 103 Å². The Hall–Kier alpha value is -4.96. The smallest absolute Gasteiger partial charge is 0.295 e. The molecule has 13 nitrogen and oxygen atoms in total. The molecule has 6 N–H and O–H groups in total. The molecule has 0 aliphatic carbocycles. The highest BCUT2D eigenvalue weighted by molar-refractivity contribution is 7.86. The van der Waals surface area contributed by atoms with E-state index in [2.05, 4.69) is 20.5 Å². The number of hydrogen-bond donors (Lipinski definition) is 5. The van der Waals surface area contributed by atoms with Gasteiger partial charge in [0, 0.05) is 16.8 Å². The normalized spacial score (nSPS) is 12.6. The second-order valence-corrected chi connectivity index (χ2v) is 11.9. The van der Waals surface area contributed by atoms with Crippen LogP contribution in [0.3, 0.4) is 0 Å². The summed E-state index contributed by atoms with van der Waals surface area (Å²) < 4.78 is 67.2. The van der Waals surface area contributed by atoms with Gasteiger partial charge in [-0.05, 0) is 60.3 Å². The van der Waals surface area contributed by atoms with Crippen molar-refractivity contribution in [1.29, 1.82) is 0 Å². The Morgan fingerprint density at radius 1 is 0.667 bits per heavy atom. The molecule has 0 bridgehead atoms. The largest absolute Gasteiger partial charge is 0.507 e. The quantitative estimate of drug-likeness (QED) is 0.0793. The summed E-state index contributed by atoms with van der Waals surface area (Å²) in [6, 6.07) is 17.2. The van der Waals surface area contributed by atoms with Gasteiger partial charge in [0.1, 0.15) is 22.0 Å². The number of rotatable bonds is 6. The number of aryl methyl sites for hydroxylation is 1. The molecular formula is C27H21N5O8S2. The molecular weight excluding hydrogens is 586 g/mol. The average Bonchev–Trinajstić information content (AvgIpc) is 2.92. The van der Waals surface area contributed by atoms with Crippen molar-refractivity contribution in [1.82, 2.24) is 0 Å². The number of azo groups is 2. The van der Waals surface area contributed by atoms with Crippen molar-refractivity contribution >= 4 is 70.2 Å². The summed E-state index contributed by atoms with van der Waals surface area (Å²) in [7, 11) is -9.45. The predicted octanol–water partition coefficient (Wildman–Crippen LogP) is 6.62. The molecule has 214 valence electrons. The maximum Gasteiger partial charge on any atom is 0.295 e. The molecule has 0 saturated carbocycles. The molecule has 5 aromatic carbocycles. The lowest BCUT2D eigenvalue weighted by molar-refractivity contribution is 0.471. The molecule has 0 unspecified atom stereocenters. The fourth-order valence-electron chi connectivity index (χ4n) is 4.34. The molecule has 0 atom stereocenters. The summed E-state index contributed by atoms with van der Waals surface area (Å²) in [5.41, 5.74) is 6.89. The lowest BCUT2D eigenvalue weighted by Crippen LogP contribution is -2.01. The van der Waals surface area contributed by atoms with Crippen molar-refractivity contribution in [2.45, 2.75) is 16.7 Å². The van der Waals surface area contributed by atoms with E-state index in [4.69, 9.17) is 5.73 Å². The molecule has 42 heavy (non-hydrogen) atoms. The highest BCUT2D eigenvalue weighted by Gasteiger charge is 2.23. The van der Waals surface area contributed by atoms with E-state index in [1.54, 1.807) is 37.3 Å². The van der Waals surface area contributed by atoms with Gasteiger partial charge in [-0.2, -0.15) is 27.1 Å². The van der Waals surface area contributed by atoms with Crippen molar-refractivity contribution in [3.8, 4) is 11.5 Å². The monoisotopic (exact) mass is 607 g/mol. The second-order valence-electron chi connectivity index (χ2n) is 9.10. The average molecular weight is 608 g/mol. The van der Waals surface area contributed by atoms with Gasteiger partial charge < -0.3 is 15.9 Å². The predicted molar refractivity (Wildman–Crippen MR) is 155 cm³/mol. The number of phenols is 2. The summed E-state index contributed by atoms with van der Waals surface area (Å²) in [5, 5.41) is 37.8. The van der Waals surface area contributed by atoms with Gasteiger partial charge in [-0.1, -0.05) is 24.3 Å². The van der Waals surface area contributed by atoms with Gasteiger partial charge in [0.2, 0.25) is 0 Å². The summed E-state index contributed by atoms with van der Waals surface area (Å²) in [5.74, 6) is -0.902. The van der Waals surface area contributed by atoms with Crippen LogP contribution in [0.1, 0.15) is 5.56 Å². The Labute approximate surface area is 238 Å². The molecule has 5 rings (SSSR count). The minimum Gasteiger partial charge on any atom is -0.507 e. The number of nitrogens with zero attached hydrogens (tertiary/aromatic N) is 4. The van der Waals surface area contributed by atoms with Crippen molar-refractivity contribution in [2.75, 3.05) is 5.73 Å². The zero-order valence-corrected chi connectivity index (χ0v) is 23.2. The molecule has 0 amide bonds. The Morgan fingerprint density at radius 2 is 1.29 bits per heavy atom. The molecule has 0 aromatic heterocycles. The molecule has 0 fully saturated rings. The van der Waals surface area contributed by atoms with Crippen LogP contribution >= 0.6 is 0 Å². The number of anilines is 1. The fraction of sp³-hybridized carbons (Fsp3) is 0.0370. The standard InChI is InChI=1S/C27H21N5O8S2/c1-14-19-11-16(41(35,36)37)12-23(33)17(19)7-9-20(14)30-32-22-13-24(42(38,39)40)18-8-10-21(27(34)25(18)26(22)28)31-29-15-5-3-2-4-6-15/h2-13,33-34H,28H2,1H3,(H,35,36,37)(H,38,39,40). The number of benzene rings is 5. The fourth-order valence-corrected chi connectivity index (χ4v) is 5.57. The SMILES string of the molecule is Cc1c(N=Nc2cc(S(=O)(=O)O)c3ccc(N=Nc4ccccc4)c(O)c3c2N)ccc2c(O)cc(S(=O)(=O)O)cc12. The van der Waals surface area contributed by atoms with Gasteiger partial charge in [-0.25, -0.2) is 0 Å². The maximum atomic E-state index is 12.3. The van der Waals surface area contributed by atoms with E-state index < -0.39 is 35.8 Å². The van der Waals surface area contributed by atoms with Crippen molar-refractivity contribution < 1.29 is 36.2 Å². The number of aromatic hydroxyl groups is 2. The van der Waals surface area contributed by atoms with Crippen LogP contribution in [-0.2, 0) is 20.2 Å². The van der Waals surface area contributed by atoms with Crippen LogP contribution in [0.4, 0.5) is 28.4 Å². The van der Waals surface area contributed by atoms with Crippen molar-refractivity contribution in [3.63, 3.8) is 0 Å². The van der Waals surface area contributed by atoms with Crippen molar-refractivity contribution in [2.24, 2.45) is 20.5 Å². The van der Waals surface area contributed by atoms with Crippen LogP contribution in [-0.4, -0.2) is 36.2 Å². The van der Waals surface area contributed by atoms with E-state index >= 15 is 0 Å². The van der Waals surface area contributed by atoms with Crippen LogP contribution < -0.4 is 5.73 Å². The first-order valence-corrected chi connectivity index (χ1v) is 14.8. The topological polar surface area (TPSA) is 225 Å². The Kier molecular flexibility index (Phi) is 7.11. The van der Waals surface area contributed by atoms with E-state index in [9.17, 15) is 36.2 Å². The van der Waals surface area contributed by atoms with Gasteiger partial charge in [-0.15, -0.1) is 10.2 Å². The van der Waals surface area contributed by atoms with E-state index in [0.29, 0.717) is 11.3 Å². The van der Waals surface area contributed by atoms with Crippen LogP contribution in [0.5, 0.6) is 11.5 Å². The lowest BCUT2D eigenvalue weighted by Gasteiger charge is -2.12. The third-order valence-corrected chi connectivity index (χ3v) is 8.16. The zero-order chi connectivity index (χ0) is 30.4. The first kappa shape index (κ1) is 28.6. The lowest BCUT2D eigenvalue weighted by atomic mass is 10.0. The zero-order valence-electron chi connectivity index (χ0n) is 21.5. The Bertz CT molecular complexity index is 2180. The van der Waals surface area contributed by atoms with E-state index in [-0.39, 0.29) is 50.0 Å². The van der Waals surface area contributed by atoms with Crippen LogP contribution in [0.2, 0.25) is 0 Å². The number of hydrogen-bond acceptors (Lipinski definition) is 11. The number of phenolic OH excluding ortho intramolecular Hbond substituents is 2. The minimum absolute atomic E-state index is 0.0340. The second kappa shape index (κ2) is 10.5. The first-order chi connectivity index (χ1) is 19.8. The van der Waals surface area contributed by atoms with E-state index in [1.807, 2.05) is 0 Å². The molecule has 5 aromatic rings. The maximum absolute atomic E-state index is 12.3. The van der Waals surface area contributed by atoms with Gasteiger partial charge >= 0.3 is 0 Å². The van der Waals surface area contributed by atoms with E-state index in [1.165, 1.54) is 24.3 Å². The highest BCUT2D eigenvalue weighted by atomic mass is 32.2. The minimum atomic E-state index is -4.83. The van der Waals surface area contributed by atoms with Crippen LogP contribution in [0.25, 0.3) is 21.5 Å². The highest BCUT2D eigenvalue weighted by Crippen LogP contribution is 2.45. The summed E-state index contributed by atoms with van der Waals surface area (Å²) in [4.78, 5) is -1.13. The van der Waals surface area contributed by atoms with Gasteiger partial charge in [0.15, 0.2) is 5.75 Å². The molecule has 15 heteroatoms. The van der Waals surface area contributed by atoms with E-state index in [0.717, 1.165) is 18.2 Å². The number of nitrogen functional groups attached to an aromatic ring is 1. The first-order valence-electron chi connectivity index (χ1n) is 11.9. The van der Waals surface area contributed by atoms with Gasteiger partial charge in [0.25, 0.3) is 20.2 Å². The van der Waals surface area contributed by atoms with Crippen molar-refractivity contribution in [3.05, 3.63) is 78.4 Å². The Balaban J connectivity index is 1.67. The molecule has 0 spiro atoms. The summed E-state index contributed by atoms with van der Waals surface area (Å²) in [6.07, 6.45) is 0. The molecule has 0 aliphatic heterocycles.